The van der Waals surface area contributed by atoms with Crippen LogP contribution in [0.4, 0.5) is 11.6 Å². The molecule has 1 aromatic carbocycles. The molecule has 0 aliphatic heterocycles. The molecule has 20 heavy (non-hydrogen) atoms. The number of amides is 1. The van der Waals surface area contributed by atoms with Crippen molar-refractivity contribution in [1.29, 1.82) is 0 Å². The van der Waals surface area contributed by atoms with Crippen molar-refractivity contribution >= 4 is 23.7 Å². The van der Waals surface area contributed by atoms with Gasteiger partial charge < -0.3 is 10.2 Å². The summed E-state index contributed by atoms with van der Waals surface area (Å²) < 4.78 is 4.90. The molecule has 0 saturated heterocycles. The molecule has 0 radical (unpaired) electrons. The van der Waals surface area contributed by atoms with Crippen LogP contribution in [0, 0.1) is 10.1 Å². The number of rotatable bonds is 4. The summed E-state index contributed by atoms with van der Waals surface area (Å²) in [5, 5.41) is 10.4. The molecule has 0 aliphatic carbocycles. The third kappa shape index (κ3) is 3.58. The first-order valence-electron chi connectivity index (χ1n) is 5.25. The van der Waals surface area contributed by atoms with E-state index in [1.165, 1.54) is 18.3 Å². The van der Waals surface area contributed by atoms with Gasteiger partial charge in [-0.2, -0.15) is 0 Å². The zero-order valence-corrected chi connectivity index (χ0v) is 13.3. The maximum absolute atomic E-state index is 11.2. The van der Waals surface area contributed by atoms with Crippen LogP contribution in [0.5, 0.6) is 0 Å². The van der Waals surface area contributed by atoms with E-state index in [1.54, 1.807) is 24.3 Å². The Bertz CT molecular complexity index is 666. The van der Waals surface area contributed by atoms with Gasteiger partial charge in [-0.1, -0.05) is 12.1 Å². The molecule has 0 saturated carbocycles. The van der Waals surface area contributed by atoms with E-state index in [9.17, 15) is 14.9 Å². The van der Waals surface area contributed by atoms with Gasteiger partial charge in [-0.15, -0.1) is 0 Å². The van der Waals surface area contributed by atoms with Crippen LogP contribution in [0.2, 0.25) is 0 Å². The van der Waals surface area contributed by atoms with Gasteiger partial charge in [0.1, 0.15) is 4.92 Å². The minimum Gasteiger partial charge on any atom is -0.400 e. The monoisotopic (exact) mass is 323 g/mol. The van der Waals surface area contributed by atoms with E-state index in [-0.39, 0.29) is 36.7 Å². The number of para-hydroxylation sites is 1. The molecule has 0 spiro atoms. The Balaban J connectivity index is 0.00000200. The topological polar surface area (TPSA) is 112 Å². The van der Waals surface area contributed by atoms with E-state index >= 15 is 0 Å². The number of benzene rings is 1. The summed E-state index contributed by atoms with van der Waals surface area (Å²) in [5.74, 6) is -0.756. The number of nitrogens with zero attached hydrogens (tertiary/aromatic N) is 2. The Kier molecular flexibility index (Phi) is 5.28. The molecular weight excluding hydrogens is 316 g/mol. The number of nitrogens with two attached hydrogens (primary N) is 1. The summed E-state index contributed by atoms with van der Waals surface area (Å²) in [6.45, 7) is 0. The Morgan fingerprint density at radius 1 is 1.30 bits per heavy atom. The van der Waals surface area contributed by atoms with Crippen LogP contribution in [0.1, 0.15) is 16.1 Å². The van der Waals surface area contributed by atoms with Gasteiger partial charge >= 0.3 is 25.4 Å². The molecule has 0 unspecified atom stereocenters. The molecule has 1 aromatic heterocycles. The van der Waals surface area contributed by atoms with E-state index < -0.39 is 10.8 Å². The molecule has 2 rings (SSSR count). The number of nitro groups is 1. The standard InChI is InChI=1S/C12H9N3O4.Zn/c13-12(16)9-3-1-2-4-10(9)14-7-8-5-6-11(19-8)15(17)18;/h1-7H,(H2,13,16);/q;+2. The molecule has 8 heteroatoms. The van der Waals surface area contributed by atoms with E-state index in [4.69, 9.17) is 10.2 Å². The average Bonchev–Trinajstić information content (AvgIpc) is 2.85. The normalized spacial score (nSPS) is 10.2. The largest absolute Gasteiger partial charge is 2.00 e. The van der Waals surface area contributed by atoms with Crippen molar-refractivity contribution in [3.05, 3.63) is 57.8 Å². The van der Waals surface area contributed by atoms with Gasteiger partial charge in [0.2, 0.25) is 0 Å². The Morgan fingerprint density at radius 3 is 2.60 bits per heavy atom. The smallest absolute Gasteiger partial charge is 0.400 e. The second-order valence-electron chi connectivity index (χ2n) is 3.57. The Morgan fingerprint density at radius 2 is 2.00 bits per heavy atom. The fourth-order valence-electron chi connectivity index (χ4n) is 1.44. The van der Waals surface area contributed by atoms with Crippen LogP contribution in [0.25, 0.3) is 0 Å². The van der Waals surface area contributed by atoms with E-state index in [0.29, 0.717) is 5.69 Å². The summed E-state index contributed by atoms with van der Waals surface area (Å²) in [5.41, 5.74) is 5.83. The summed E-state index contributed by atoms with van der Waals surface area (Å²) in [7, 11) is 0. The van der Waals surface area contributed by atoms with Crippen molar-refractivity contribution in [2.45, 2.75) is 0 Å². The van der Waals surface area contributed by atoms with Gasteiger partial charge in [-0.05, 0) is 18.2 Å². The van der Waals surface area contributed by atoms with Crippen LogP contribution in [-0.4, -0.2) is 17.0 Å². The van der Waals surface area contributed by atoms with E-state index in [0.717, 1.165) is 0 Å². The fourth-order valence-corrected chi connectivity index (χ4v) is 1.44. The van der Waals surface area contributed by atoms with Crippen molar-refractivity contribution in [3.63, 3.8) is 0 Å². The Hall–Kier alpha value is -2.34. The van der Waals surface area contributed by atoms with Gasteiger partial charge in [0.15, 0.2) is 5.76 Å². The van der Waals surface area contributed by atoms with Crippen LogP contribution in [0.3, 0.4) is 0 Å². The summed E-state index contributed by atoms with van der Waals surface area (Å²) in [6, 6.07) is 9.14. The number of carbonyl (C=O) groups is 1. The predicted octanol–water partition coefficient (Wildman–Crippen LogP) is 2.03. The first-order valence-corrected chi connectivity index (χ1v) is 5.25. The molecule has 1 heterocycles. The first kappa shape index (κ1) is 15.7. The number of primary amides is 1. The quantitative estimate of drug-likeness (QED) is 0.401. The molecule has 1 amide bonds. The van der Waals surface area contributed by atoms with Gasteiger partial charge in [-0.3, -0.25) is 19.9 Å². The molecule has 0 atom stereocenters. The Labute approximate surface area is 126 Å². The molecule has 2 N–H and O–H groups in total. The van der Waals surface area contributed by atoms with Gasteiger partial charge in [0.25, 0.3) is 5.91 Å². The molecule has 0 bridgehead atoms. The molecule has 0 aliphatic rings. The number of furan rings is 1. The molecule has 7 nitrogen and oxygen atoms in total. The fraction of sp³-hybridized carbons (Fsp3) is 0. The third-order valence-electron chi connectivity index (χ3n) is 2.29. The van der Waals surface area contributed by atoms with E-state index in [1.807, 2.05) is 0 Å². The number of carbonyl (C=O) groups excluding carboxylic acids is 1. The van der Waals surface area contributed by atoms with Crippen molar-refractivity contribution in [2.75, 3.05) is 0 Å². The van der Waals surface area contributed by atoms with Crippen molar-refractivity contribution in [2.24, 2.45) is 10.7 Å². The predicted molar refractivity (Wildman–Crippen MR) is 67.6 cm³/mol. The summed E-state index contributed by atoms with van der Waals surface area (Å²) >= 11 is 0. The van der Waals surface area contributed by atoms with Crippen LogP contribution >= 0.6 is 0 Å². The minimum atomic E-state index is -0.644. The SMILES string of the molecule is NC(=O)c1ccccc1N=Cc1ccc([N+](=O)[O-])o1.[Zn+2]. The number of hydrogen-bond donors (Lipinski definition) is 1. The molecular formula is C12H9N3O4Zn+2. The molecule has 96 valence electrons. The van der Waals surface area contributed by atoms with Gasteiger partial charge in [0, 0.05) is 0 Å². The van der Waals surface area contributed by atoms with E-state index in [2.05, 4.69) is 4.99 Å². The zero-order valence-electron chi connectivity index (χ0n) is 10.4. The second kappa shape index (κ2) is 6.72. The average molecular weight is 325 g/mol. The molecule has 0 fully saturated rings. The second-order valence-corrected chi connectivity index (χ2v) is 3.57. The van der Waals surface area contributed by atoms with Crippen molar-refractivity contribution in [3.8, 4) is 0 Å². The molecule has 2 aromatic rings. The number of hydrogen-bond acceptors (Lipinski definition) is 5. The van der Waals surface area contributed by atoms with Gasteiger partial charge in [0.05, 0.1) is 23.5 Å². The maximum atomic E-state index is 11.2. The summed E-state index contributed by atoms with van der Waals surface area (Å²) in [4.78, 5) is 25.0. The summed E-state index contributed by atoms with van der Waals surface area (Å²) in [6.07, 6.45) is 1.29. The zero-order chi connectivity index (χ0) is 13.8. The van der Waals surface area contributed by atoms with Crippen molar-refractivity contribution < 1.29 is 33.6 Å². The van der Waals surface area contributed by atoms with Crippen LogP contribution in [0.15, 0.2) is 45.8 Å². The van der Waals surface area contributed by atoms with Crippen LogP contribution < -0.4 is 5.73 Å². The third-order valence-corrected chi connectivity index (χ3v) is 2.29. The first-order chi connectivity index (χ1) is 9.08. The van der Waals surface area contributed by atoms with Crippen molar-refractivity contribution in [1.82, 2.24) is 0 Å². The minimum absolute atomic E-state index is 0. The maximum Gasteiger partial charge on any atom is 2.00 e. The van der Waals surface area contributed by atoms with Gasteiger partial charge in [-0.25, -0.2) is 0 Å². The van der Waals surface area contributed by atoms with Crippen LogP contribution in [-0.2, 0) is 19.5 Å². The number of aliphatic imine (C=N–C) groups is 1.